The first-order valence-corrected chi connectivity index (χ1v) is 8.41. The van der Waals surface area contributed by atoms with Crippen molar-refractivity contribution in [3.05, 3.63) is 24.0 Å². The van der Waals surface area contributed by atoms with Gasteiger partial charge < -0.3 is 14.7 Å². The molecule has 23 heavy (non-hydrogen) atoms. The highest BCUT2D eigenvalue weighted by Crippen LogP contribution is 2.19. The Labute approximate surface area is 137 Å². The van der Waals surface area contributed by atoms with Gasteiger partial charge in [-0.3, -0.25) is 9.59 Å². The van der Waals surface area contributed by atoms with Gasteiger partial charge in [0.15, 0.2) is 0 Å². The van der Waals surface area contributed by atoms with Crippen molar-refractivity contribution in [2.24, 2.45) is 0 Å². The summed E-state index contributed by atoms with van der Waals surface area (Å²) in [4.78, 5) is 34.1. The minimum atomic E-state index is -0.0432. The van der Waals surface area contributed by atoms with Crippen molar-refractivity contribution in [2.75, 3.05) is 44.2 Å². The van der Waals surface area contributed by atoms with Gasteiger partial charge in [0, 0.05) is 46.2 Å². The van der Waals surface area contributed by atoms with Crippen molar-refractivity contribution in [1.29, 1.82) is 0 Å². The van der Waals surface area contributed by atoms with Gasteiger partial charge in [-0.2, -0.15) is 0 Å². The second kappa shape index (κ2) is 6.98. The minimum Gasteiger partial charge on any atom is -0.370 e. The fraction of sp³-hybridized carbons (Fsp3) is 0.588. The number of nitrogens with zero attached hydrogens (tertiary/aromatic N) is 4. The molecule has 2 fully saturated rings. The number of piperazine rings is 1. The lowest BCUT2D eigenvalue weighted by Gasteiger charge is -2.34. The highest BCUT2D eigenvalue weighted by atomic mass is 16.2. The third-order valence-corrected chi connectivity index (χ3v) is 4.70. The fourth-order valence-corrected chi connectivity index (χ4v) is 3.24. The maximum atomic E-state index is 12.5. The molecule has 6 heteroatoms. The molecule has 3 heterocycles. The average Bonchev–Trinajstić information content (AvgIpc) is 2.62. The molecular formula is C17H24N4O2. The molecule has 0 saturated carbocycles. The van der Waals surface area contributed by atoms with Crippen molar-refractivity contribution in [3.8, 4) is 0 Å². The molecule has 0 N–H and O–H groups in total. The summed E-state index contributed by atoms with van der Waals surface area (Å²) in [5.74, 6) is 0.0273. The third kappa shape index (κ3) is 3.63. The summed E-state index contributed by atoms with van der Waals surface area (Å²) in [6.07, 6.45) is 5.55. The molecule has 6 nitrogen and oxygen atoms in total. The number of hydrogen-bond donors (Lipinski definition) is 0. The Morgan fingerprint density at radius 2 is 1.57 bits per heavy atom. The van der Waals surface area contributed by atoms with Gasteiger partial charge >= 0.3 is 0 Å². The van der Waals surface area contributed by atoms with E-state index in [1.165, 1.54) is 19.3 Å². The van der Waals surface area contributed by atoms with E-state index < -0.39 is 0 Å². The van der Waals surface area contributed by atoms with Crippen molar-refractivity contribution in [3.63, 3.8) is 0 Å². The van der Waals surface area contributed by atoms with E-state index in [1.807, 2.05) is 18.3 Å². The van der Waals surface area contributed by atoms with Crippen LogP contribution < -0.4 is 4.90 Å². The number of amides is 2. The molecule has 3 rings (SSSR count). The number of rotatable bonds is 2. The van der Waals surface area contributed by atoms with E-state index in [2.05, 4.69) is 9.88 Å². The fourth-order valence-electron chi connectivity index (χ4n) is 3.24. The van der Waals surface area contributed by atoms with Crippen LogP contribution in [0.5, 0.6) is 0 Å². The lowest BCUT2D eigenvalue weighted by Crippen LogP contribution is -2.50. The first-order valence-electron chi connectivity index (χ1n) is 8.41. The normalized spacial score (nSPS) is 18.9. The summed E-state index contributed by atoms with van der Waals surface area (Å²) in [6, 6.07) is 3.82. The highest BCUT2D eigenvalue weighted by molar-refractivity contribution is 5.92. The zero-order valence-electron chi connectivity index (χ0n) is 13.7. The first kappa shape index (κ1) is 15.8. The Balaban J connectivity index is 1.60. The largest absolute Gasteiger partial charge is 0.370 e. The molecule has 0 aliphatic carbocycles. The van der Waals surface area contributed by atoms with Crippen LogP contribution in [0.2, 0.25) is 0 Å². The Morgan fingerprint density at radius 1 is 0.913 bits per heavy atom. The molecule has 0 spiro atoms. The van der Waals surface area contributed by atoms with Crippen LogP contribution in [0.1, 0.15) is 36.7 Å². The van der Waals surface area contributed by atoms with Crippen LogP contribution in [0.15, 0.2) is 18.3 Å². The van der Waals surface area contributed by atoms with E-state index in [1.54, 1.807) is 16.7 Å². The standard InChI is InChI=1S/C17H24N4O2/c1-14(22)19-9-11-21(12-10-19)17(23)16-6-5-15(13-18-16)20-7-3-2-4-8-20/h5-6,13H,2-4,7-12H2,1H3. The second-order valence-electron chi connectivity index (χ2n) is 6.25. The molecule has 1 aromatic heterocycles. The number of anilines is 1. The number of carbonyl (C=O) groups excluding carboxylic acids is 2. The molecule has 0 bridgehead atoms. The maximum Gasteiger partial charge on any atom is 0.272 e. The SMILES string of the molecule is CC(=O)N1CCN(C(=O)c2ccc(N3CCCCC3)cn2)CC1. The molecule has 0 radical (unpaired) electrons. The monoisotopic (exact) mass is 316 g/mol. The van der Waals surface area contributed by atoms with Crippen LogP contribution in [0.4, 0.5) is 5.69 Å². The Kier molecular flexibility index (Phi) is 4.79. The predicted octanol–water partition coefficient (Wildman–Crippen LogP) is 1.38. The smallest absolute Gasteiger partial charge is 0.272 e. The number of piperidine rings is 1. The molecule has 0 unspecified atom stereocenters. The van der Waals surface area contributed by atoms with Gasteiger partial charge in [-0.05, 0) is 31.4 Å². The van der Waals surface area contributed by atoms with Crippen molar-refractivity contribution < 1.29 is 9.59 Å². The third-order valence-electron chi connectivity index (χ3n) is 4.70. The molecule has 1 aromatic rings. The summed E-state index contributed by atoms with van der Waals surface area (Å²) in [5, 5.41) is 0. The molecular weight excluding hydrogens is 292 g/mol. The first-order chi connectivity index (χ1) is 11.1. The molecule has 0 atom stereocenters. The number of aromatic nitrogens is 1. The van der Waals surface area contributed by atoms with Crippen LogP contribution in [0.3, 0.4) is 0 Å². The number of pyridine rings is 1. The Hall–Kier alpha value is -2.11. The summed E-state index contributed by atoms with van der Waals surface area (Å²) < 4.78 is 0. The van der Waals surface area contributed by atoms with Crippen molar-refractivity contribution >= 4 is 17.5 Å². The van der Waals surface area contributed by atoms with Gasteiger partial charge in [-0.25, -0.2) is 4.98 Å². The molecule has 124 valence electrons. The van der Waals surface area contributed by atoms with E-state index in [9.17, 15) is 9.59 Å². The highest BCUT2D eigenvalue weighted by Gasteiger charge is 2.24. The van der Waals surface area contributed by atoms with Gasteiger partial charge in [-0.15, -0.1) is 0 Å². The number of hydrogen-bond acceptors (Lipinski definition) is 4. The van der Waals surface area contributed by atoms with Gasteiger partial charge in [0.25, 0.3) is 5.91 Å². The minimum absolute atomic E-state index is 0.0432. The van der Waals surface area contributed by atoms with Crippen LogP contribution in [0.25, 0.3) is 0 Å². The van der Waals surface area contributed by atoms with Gasteiger partial charge in [-0.1, -0.05) is 0 Å². The molecule has 2 aliphatic heterocycles. The van der Waals surface area contributed by atoms with Gasteiger partial charge in [0.1, 0.15) is 5.69 Å². The van der Waals surface area contributed by atoms with Gasteiger partial charge in [0.2, 0.25) is 5.91 Å². The zero-order chi connectivity index (χ0) is 16.2. The summed E-state index contributed by atoms with van der Waals surface area (Å²) in [5.41, 5.74) is 1.59. The van der Waals surface area contributed by atoms with Crippen LogP contribution in [-0.2, 0) is 4.79 Å². The van der Waals surface area contributed by atoms with Crippen LogP contribution in [0, 0.1) is 0 Å². The van der Waals surface area contributed by atoms with E-state index in [0.29, 0.717) is 31.9 Å². The molecule has 2 saturated heterocycles. The lowest BCUT2D eigenvalue weighted by atomic mass is 10.1. The van der Waals surface area contributed by atoms with E-state index in [0.717, 1.165) is 18.8 Å². The quantitative estimate of drug-likeness (QED) is 0.827. The second-order valence-corrected chi connectivity index (χ2v) is 6.25. The maximum absolute atomic E-state index is 12.5. The van der Waals surface area contributed by atoms with E-state index in [-0.39, 0.29) is 11.8 Å². The topological polar surface area (TPSA) is 56.8 Å². The Bertz CT molecular complexity index is 558. The van der Waals surface area contributed by atoms with E-state index in [4.69, 9.17) is 0 Å². The van der Waals surface area contributed by atoms with Crippen LogP contribution in [-0.4, -0.2) is 65.9 Å². The van der Waals surface area contributed by atoms with Crippen molar-refractivity contribution in [2.45, 2.75) is 26.2 Å². The zero-order valence-corrected chi connectivity index (χ0v) is 13.7. The summed E-state index contributed by atoms with van der Waals surface area (Å²) >= 11 is 0. The lowest BCUT2D eigenvalue weighted by molar-refractivity contribution is -0.130. The number of carbonyl (C=O) groups is 2. The van der Waals surface area contributed by atoms with Crippen LogP contribution >= 0.6 is 0 Å². The van der Waals surface area contributed by atoms with E-state index >= 15 is 0 Å². The van der Waals surface area contributed by atoms with Crippen molar-refractivity contribution in [1.82, 2.24) is 14.8 Å². The Morgan fingerprint density at radius 3 is 2.13 bits per heavy atom. The van der Waals surface area contributed by atoms with Gasteiger partial charge in [0.05, 0.1) is 11.9 Å². The summed E-state index contributed by atoms with van der Waals surface area (Å²) in [7, 11) is 0. The summed E-state index contributed by atoms with van der Waals surface area (Å²) in [6.45, 7) is 6.07. The molecule has 0 aromatic carbocycles. The average molecular weight is 316 g/mol. The predicted molar refractivity (Wildman–Crippen MR) is 88.5 cm³/mol. The molecule has 2 amide bonds. The molecule has 2 aliphatic rings.